The highest BCUT2D eigenvalue weighted by molar-refractivity contribution is 5.78. The first kappa shape index (κ1) is 13.0. The Hall–Kier alpha value is -1.47. The molecule has 2 heterocycles. The van der Waals surface area contributed by atoms with Crippen molar-refractivity contribution in [2.75, 3.05) is 19.6 Å². The average Bonchev–Trinajstić information content (AvgIpc) is 2.85. The van der Waals surface area contributed by atoms with Gasteiger partial charge in [-0.05, 0) is 19.8 Å². The fourth-order valence-corrected chi connectivity index (χ4v) is 2.09. The third-order valence-electron chi connectivity index (χ3n) is 3.22. The highest BCUT2D eigenvalue weighted by Gasteiger charge is 2.19. The second kappa shape index (κ2) is 5.92. The number of carbonyl (C=O) groups excluding carboxylic acids is 1. The molecule has 4 N–H and O–H groups in total. The minimum Gasteiger partial charge on any atom is -0.345 e. The van der Waals surface area contributed by atoms with E-state index >= 15 is 0 Å². The van der Waals surface area contributed by atoms with Gasteiger partial charge in [-0.1, -0.05) is 0 Å². The smallest absolute Gasteiger partial charge is 0.234 e. The van der Waals surface area contributed by atoms with E-state index in [4.69, 9.17) is 5.73 Å². The lowest BCUT2D eigenvalue weighted by atomic mass is 10.1. The van der Waals surface area contributed by atoms with Gasteiger partial charge in [-0.2, -0.15) is 5.10 Å². The van der Waals surface area contributed by atoms with E-state index in [0.29, 0.717) is 12.4 Å². The molecule has 1 aromatic heterocycles. The summed E-state index contributed by atoms with van der Waals surface area (Å²) in [5.41, 5.74) is 5.83. The predicted molar refractivity (Wildman–Crippen MR) is 66.6 cm³/mol. The van der Waals surface area contributed by atoms with Crippen molar-refractivity contribution in [3.8, 4) is 0 Å². The lowest BCUT2D eigenvalue weighted by Crippen LogP contribution is -2.45. The first-order valence-electron chi connectivity index (χ1n) is 6.27. The van der Waals surface area contributed by atoms with Crippen LogP contribution in [-0.4, -0.2) is 51.7 Å². The molecule has 1 amide bonds. The van der Waals surface area contributed by atoms with Crippen molar-refractivity contribution < 1.29 is 4.79 Å². The summed E-state index contributed by atoms with van der Waals surface area (Å²) in [5.74, 6) is 0.679. The van der Waals surface area contributed by atoms with Crippen molar-refractivity contribution in [2.24, 2.45) is 5.73 Å². The lowest BCUT2D eigenvalue weighted by molar-refractivity contribution is -0.123. The molecular weight excluding hydrogens is 232 g/mol. The maximum absolute atomic E-state index is 11.9. The highest BCUT2D eigenvalue weighted by atomic mass is 16.2. The molecule has 0 aliphatic carbocycles. The number of nitrogens with two attached hydrogens (primary N) is 1. The zero-order chi connectivity index (χ0) is 13.0. The van der Waals surface area contributed by atoms with Gasteiger partial charge in [0.25, 0.3) is 0 Å². The van der Waals surface area contributed by atoms with Crippen LogP contribution in [0.15, 0.2) is 6.33 Å². The number of amides is 1. The molecule has 1 aromatic rings. The molecule has 0 saturated carbocycles. The number of rotatable bonds is 4. The number of nitrogens with zero attached hydrogens (tertiary/aromatic N) is 3. The Labute approximate surface area is 106 Å². The van der Waals surface area contributed by atoms with Crippen LogP contribution in [0.5, 0.6) is 0 Å². The average molecular weight is 252 g/mol. The maximum atomic E-state index is 11.9. The Balaban J connectivity index is 1.75. The normalized spacial score (nSPS) is 19.7. The van der Waals surface area contributed by atoms with Gasteiger partial charge in [0, 0.05) is 19.1 Å². The molecule has 1 atom stereocenters. The molecule has 1 aliphatic rings. The van der Waals surface area contributed by atoms with Crippen LogP contribution in [0.2, 0.25) is 0 Å². The van der Waals surface area contributed by atoms with E-state index in [0.717, 1.165) is 25.9 Å². The second-order valence-corrected chi connectivity index (χ2v) is 4.77. The molecule has 7 nitrogen and oxygen atoms in total. The van der Waals surface area contributed by atoms with Crippen molar-refractivity contribution in [1.82, 2.24) is 25.4 Å². The molecule has 7 heteroatoms. The standard InChI is InChI=1S/C11H20N6O/c1-8(11-13-7-14-16-11)15-10(18)6-17-4-2-9(12)3-5-17/h7-9H,2-6,12H2,1H3,(H,15,18)(H,13,14,16). The predicted octanol–water partition coefficient (Wildman–Crippen LogP) is -0.595. The number of hydrogen-bond acceptors (Lipinski definition) is 5. The van der Waals surface area contributed by atoms with Gasteiger partial charge in [0.05, 0.1) is 12.6 Å². The number of nitrogens with one attached hydrogen (secondary N) is 2. The summed E-state index contributed by atoms with van der Waals surface area (Å²) < 4.78 is 0. The Bertz CT molecular complexity index is 371. The van der Waals surface area contributed by atoms with Gasteiger partial charge in [0.15, 0.2) is 0 Å². The fraction of sp³-hybridized carbons (Fsp3) is 0.727. The van der Waals surface area contributed by atoms with Crippen LogP contribution in [0.1, 0.15) is 31.6 Å². The molecule has 100 valence electrons. The zero-order valence-electron chi connectivity index (χ0n) is 10.6. The highest BCUT2D eigenvalue weighted by Crippen LogP contribution is 2.08. The molecule has 1 unspecified atom stereocenters. The number of H-pyrrole nitrogens is 1. The molecule has 0 aromatic carbocycles. The summed E-state index contributed by atoms with van der Waals surface area (Å²) in [5, 5.41) is 9.40. The van der Waals surface area contributed by atoms with Gasteiger partial charge in [-0.3, -0.25) is 14.8 Å². The number of piperidine rings is 1. The monoisotopic (exact) mass is 252 g/mol. The molecule has 0 bridgehead atoms. The molecule has 0 radical (unpaired) electrons. The number of aromatic amines is 1. The van der Waals surface area contributed by atoms with Gasteiger partial charge >= 0.3 is 0 Å². The first-order chi connectivity index (χ1) is 8.65. The summed E-state index contributed by atoms with van der Waals surface area (Å²) >= 11 is 0. The molecule has 18 heavy (non-hydrogen) atoms. The number of hydrogen-bond donors (Lipinski definition) is 3. The van der Waals surface area contributed by atoms with Crippen LogP contribution in [0, 0.1) is 0 Å². The number of aromatic nitrogens is 3. The van der Waals surface area contributed by atoms with Gasteiger partial charge in [0.1, 0.15) is 12.2 Å². The molecule has 1 saturated heterocycles. The fourth-order valence-electron chi connectivity index (χ4n) is 2.09. The molecular formula is C11H20N6O. The molecule has 2 rings (SSSR count). The minimum atomic E-state index is -0.146. The topological polar surface area (TPSA) is 99.9 Å². The Morgan fingerprint density at radius 2 is 2.39 bits per heavy atom. The van der Waals surface area contributed by atoms with Crippen LogP contribution in [0.4, 0.5) is 0 Å². The van der Waals surface area contributed by atoms with Crippen LogP contribution < -0.4 is 11.1 Å². The van der Waals surface area contributed by atoms with Gasteiger partial charge in [-0.15, -0.1) is 0 Å². The molecule has 0 spiro atoms. The largest absolute Gasteiger partial charge is 0.345 e. The number of likely N-dealkylation sites (tertiary alicyclic amines) is 1. The lowest BCUT2D eigenvalue weighted by Gasteiger charge is -2.29. The van der Waals surface area contributed by atoms with Gasteiger partial charge in [0.2, 0.25) is 5.91 Å². The minimum absolute atomic E-state index is 0.00868. The third kappa shape index (κ3) is 3.51. The van der Waals surface area contributed by atoms with Gasteiger partial charge < -0.3 is 11.1 Å². The second-order valence-electron chi connectivity index (χ2n) is 4.77. The van der Waals surface area contributed by atoms with Crippen molar-refractivity contribution >= 4 is 5.91 Å². The van der Waals surface area contributed by atoms with Crippen molar-refractivity contribution in [2.45, 2.75) is 31.8 Å². The maximum Gasteiger partial charge on any atom is 0.234 e. The van der Waals surface area contributed by atoms with E-state index < -0.39 is 0 Å². The van der Waals surface area contributed by atoms with E-state index in [1.54, 1.807) is 0 Å². The quantitative estimate of drug-likeness (QED) is 0.665. The van der Waals surface area contributed by atoms with Crippen LogP contribution in [0.3, 0.4) is 0 Å². The van der Waals surface area contributed by atoms with Gasteiger partial charge in [-0.25, -0.2) is 4.98 Å². The summed E-state index contributed by atoms with van der Waals surface area (Å²) in [4.78, 5) is 18.0. The van der Waals surface area contributed by atoms with E-state index in [9.17, 15) is 4.79 Å². The van der Waals surface area contributed by atoms with Crippen molar-refractivity contribution in [3.63, 3.8) is 0 Å². The van der Waals surface area contributed by atoms with Crippen molar-refractivity contribution in [1.29, 1.82) is 0 Å². The Morgan fingerprint density at radius 1 is 1.67 bits per heavy atom. The summed E-state index contributed by atoms with van der Waals surface area (Å²) in [6.07, 6.45) is 3.36. The Kier molecular flexibility index (Phi) is 4.27. The third-order valence-corrected chi connectivity index (χ3v) is 3.22. The molecule has 1 fully saturated rings. The summed E-state index contributed by atoms with van der Waals surface area (Å²) in [6, 6.07) is 0.143. The van der Waals surface area contributed by atoms with Crippen LogP contribution in [-0.2, 0) is 4.79 Å². The number of carbonyl (C=O) groups is 1. The van der Waals surface area contributed by atoms with E-state index in [1.807, 2.05) is 6.92 Å². The van der Waals surface area contributed by atoms with Crippen LogP contribution in [0.25, 0.3) is 0 Å². The van der Waals surface area contributed by atoms with E-state index in [2.05, 4.69) is 25.4 Å². The zero-order valence-corrected chi connectivity index (χ0v) is 10.6. The van der Waals surface area contributed by atoms with Crippen LogP contribution >= 0.6 is 0 Å². The summed E-state index contributed by atoms with van der Waals surface area (Å²) in [7, 11) is 0. The van der Waals surface area contributed by atoms with E-state index in [1.165, 1.54) is 6.33 Å². The SMILES string of the molecule is CC(NC(=O)CN1CCC(N)CC1)c1ncn[nH]1. The Morgan fingerprint density at radius 3 is 3.00 bits per heavy atom. The van der Waals surface area contributed by atoms with Crippen molar-refractivity contribution in [3.05, 3.63) is 12.2 Å². The first-order valence-corrected chi connectivity index (χ1v) is 6.27. The molecule has 1 aliphatic heterocycles. The van der Waals surface area contributed by atoms with E-state index in [-0.39, 0.29) is 18.0 Å². The summed E-state index contributed by atoms with van der Waals surface area (Å²) in [6.45, 7) is 4.09.